The van der Waals surface area contributed by atoms with E-state index >= 15 is 0 Å². The molecule has 0 unspecified atom stereocenters. The van der Waals surface area contributed by atoms with Gasteiger partial charge in [0, 0.05) is 26.2 Å². The van der Waals surface area contributed by atoms with E-state index in [0.29, 0.717) is 24.3 Å². The lowest BCUT2D eigenvalue weighted by Crippen LogP contribution is -2.25. The monoisotopic (exact) mass is 191 g/mol. The van der Waals surface area contributed by atoms with Crippen LogP contribution in [0.15, 0.2) is 12.3 Å². The third kappa shape index (κ3) is 2.30. The average molecular weight is 191 g/mol. The molecule has 4 heteroatoms. The highest BCUT2D eigenvalue weighted by molar-refractivity contribution is 5.93. The minimum atomic E-state index is -0.153. The topological polar surface area (TPSA) is 60.1 Å². The van der Waals surface area contributed by atoms with Crippen LogP contribution in [0.5, 0.6) is 0 Å². The summed E-state index contributed by atoms with van der Waals surface area (Å²) in [6.07, 6.45) is 7.28. The summed E-state index contributed by atoms with van der Waals surface area (Å²) in [5.41, 5.74) is 6.66. The van der Waals surface area contributed by atoms with Gasteiger partial charge in [0.1, 0.15) is 5.69 Å². The summed E-state index contributed by atoms with van der Waals surface area (Å²) >= 11 is 0. The van der Waals surface area contributed by atoms with Gasteiger partial charge in [0.25, 0.3) is 5.91 Å². The number of aryl methyl sites for hydroxylation is 1. The van der Waals surface area contributed by atoms with Crippen LogP contribution >= 0.6 is 0 Å². The number of nitrogens with one attached hydrogen (secondary N) is 1. The van der Waals surface area contributed by atoms with Gasteiger partial charge in [0.15, 0.2) is 0 Å². The van der Waals surface area contributed by atoms with Crippen LogP contribution in [0.3, 0.4) is 0 Å². The fraction of sp³-hybridized carbons (Fsp3) is 0.300. The van der Waals surface area contributed by atoms with Crippen molar-refractivity contribution in [1.29, 1.82) is 0 Å². The predicted molar refractivity (Wildman–Crippen MR) is 55.6 cm³/mol. The van der Waals surface area contributed by atoms with E-state index in [-0.39, 0.29) is 5.91 Å². The van der Waals surface area contributed by atoms with Gasteiger partial charge in [-0.25, -0.2) is 0 Å². The van der Waals surface area contributed by atoms with E-state index in [2.05, 4.69) is 11.2 Å². The molecule has 0 saturated heterocycles. The first-order valence-corrected chi connectivity index (χ1v) is 4.28. The van der Waals surface area contributed by atoms with Crippen LogP contribution in [0.25, 0.3) is 0 Å². The quantitative estimate of drug-likeness (QED) is 0.535. The second-order valence-electron chi connectivity index (χ2n) is 2.98. The summed E-state index contributed by atoms with van der Waals surface area (Å²) in [6.45, 7) is 0.487. The summed E-state index contributed by atoms with van der Waals surface area (Å²) in [4.78, 5) is 11.5. The van der Waals surface area contributed by atoms with E-state index < -0.39 is 0 Å². The predicted octanol–water partition coefficient (Wildman–Crippen LogP) is 0.360. The summed E-state index contributed by atoms with van der Waals surface area (Å²) in [5, 5.41) is 2.70. The molecule has 0 bridgehead atoms. The SMILES string of the molecule is C#CCCNC(=O)c1cc(N)cn1C. The Hall–Kier alpha value is -1.89. The highest BCUT2D eigenvalue weighted by Crippen LogP contribution is 2.07. The van der Waals surface area contributed by atoms with Crippen LogP contribution in [-0.4, -0.2) is 17.0 Å². The number of anilines is 1. The Labute approximate surface area is 83.1 Å². The lowest BCUT2D eigenvalue weighted by molar-refractivity contribution is 0.0946. The molecule has 1 rings (SSSR count). The number of nitrogens with zero attached hydrogens (tertiary/aromatic N) is 1. The van der Waals surface area contributed by atoms with Crippen LogP contribution in [0.1, 0.15) is 16.9 Å². The molecule has 0 aliphatic carbocycles. The van der Waals surface area contributed by atoms with Crippen LogP contribution in [-0.2, 0) is 7.05 Å². The van der Waals surface area contributed by atoms with Gasteiger partial charge in [-0.05, 0) is 6.07 Å². The molecule has 0 atom stereocenters. The molecule has 74 valence electrons. The van der Waals surface area contributed by atoms with Crippen molar-refractivity contribution in [1.82, 2.24) is 9.88 Å². The number of carbonyl (C=O) groups is 1. The maximum atomic E-state index is 11.5. The molecule has 14 heavy (non-hydrogen) atoms. The molecule has 0 aliphatic heterocycles. The van der Waals surface area contributed by atoms with Crippen molar-refractivity contribution in [2.24, 2.45) is 7.05 Å². The molecule has 1 heterocycles. The van der Waals surface area contributed by atoms with Crippen LogP contribution < -0.4 is 11.1 Å². The number of nitrogens with two attached hydrogens (primary N) is 1. The zero-order valence-electron chi connectivity index (χ0n) is 8.08. The fourth-order valence-electron chi connectivity index (χ4n) is 1.15. The molecular formula is C10H13N3O. The molecule has 0 saturated carbocycles. The lowest BCUT2D eigenvalue weighted by atomic mass is 10.3. The molecule has 1 aromatic heterocycles. The molecule has 4 nitrogen and oxygen atoms in total. The minimum absolute atomic E-state index is 0.153. The average Bonchev–Trinajstić information content (AvgIpc) is 2.45. The third-order valence-corrected chi connectivity index (χ3v) is 1.81. The van der Waals surface area contributed by atoms with Crippen molar-refractivity contribution in [3.8, 4) is 12.3 Å². The van der Waals surface area contributed by atoms with E-state index in [0.717, 1.165) is 0 Å². The number of nitrogen functional groups attached to an aromatic ring is 1. The largest absolute Gasteiger partial charge is 0.397 e. The first kappa shape index (κ1) is 10.2. The lowest BCUT2D eigenvalue weighted by Gasteiger charge is -2.03. The molecule has 0 fully saturated rings. The van der Waals surface area contributed by atoms with Crippen LogP contribution in [0.4, 0.5) is 5.69 Å². The van der Waals surface area contributed by atoms with Gasteiger partial charge in [0.05, 0.1) is 5.69 Å². The summed E-state index contributed by atoms with van der Waals surface area (Å²) < 4.78 is 1.68. The number of hydrogen-bond donors (Lipinski definition) is 2. The maximum Gasteiger partial charge on any atom is 0.268 e. The Morgan fingerprint density at radius 3 is 3.00 bits per heavy atom. The number of hydrogen-bond acceptors (Lipinski definition) is 2. The van der Waals surface area contributed by atoms with E-state index in [1.165, 1.54) is 0 Å². The second-order valence-corrected chi connectivity index (χ2v) is 2.98. The molecule has 0 radical (unpaired) electrons. The Morgan fingerprint density at radius 1 is 1.79 bits per heavy atom. The number of terminal acetylenes is 1. The van der Waals surface area contributed by atoms with Gasteiger partial charge in [-0.15, -0.1) is 12.3 Å². The Bertz CT molecular complexity index is 373. The molecule has 1 aromatic rings. The van der Waals surface area contributed by atoms with E-state index in [1.807, 2.05) is 0 Å². The summed E-state index contributed by atoms with van der Waals surface area (Å²) in [7, 11) is 1.77. The van der Waals surface area contributed by atoms with Crippen LogP contribution in [0, 0.1) is 12.3 Å². The zero-order chi connectivity index (χ0) is 10.6. The molecule has 0 spiro atoms. The van der Waals surface area contributed by atoms with E-state index in [1.54, 1.807) is 23.9 Å². The highest BCUT2D eigenvalue weighted by Gasteiger charge is 2.09. The summed E-state index contributed by atoms with van der Waals surface area (Å²) in [6, 6.07) is 1.63. The van der Waals surface area contributed by atoms with Gasteiger partial charge in [-0.2, -0.15) is 0 Å². The van der Waals surface area contributed by atoms with E-state index in [4.69, 9.17) is 12.2 Å². The first-order chi connectivity index (χ1) is 6.65. The highest BCUT2D eigenvalue weighted by atomic mass is 16.1. The smallest absolute Gasteiger partial charge is 0.268 e. The number of amides is 1. The molecule has 3 N–H and O–H groups in total. The minimum Gasteiger partial charge on any atom is -0.397 e. The normalized spacial score (nSPS) is 9.43. The number of carbonyl (C=O) groups excluding carboxylic acids is 1. The van der Waals surface area contributed by atoms with Gasteiger partial charge in [-0.3, -0.25) is 4.79 Å². The second kappa shape index (κ2) is 4.38. The fourth-order valence-corrected chi connectivity index (χ4v) is 1.15. The van der Waals surface area contributed by atoms with Crippen molar-refractivity contribution in [2.45, 2.75) is 6.42 Å². The van der Waals surface area contributed by atoms with E-state index in [9.17, 15) is 4.79 Å². The van der Waals surface area contributed by atoms with Crippen molar-refractivity contribution in [2.75, 3.05) is 12.3 Å². The molecule has 0 aromatic carbocycles. The molecule has 0 aliphatic rings. The molecular weight excluding hydrogens is 178 g/mol. The summed E-state index contributed by atoms with van der Waals surface area (Å²) in [5.74, 6) is 2.29. The van der Waals surface area contributed by atoms with Crippen molar-refractivity contribution in [3.63, 3.8) is 0 Å². The zero-order valence-corrected chi connectivity index (χ0v) is 8.08. The Balaban J connectivity index is 2.61. The Kier molecular flexibility index (Phi) is 3.19. The van der Waals surface area contributed by atoms with Crippen LogP contribution in [0.2, 0.25) is 0 Å². The van der Waals surface area contributed by atoms with Gasteiger partial charge in [0.2, 0.25) is 0 Å². The number of aromatic nitrogens is 1. The van der Waals surface area contributed by atoms with Crippen molar-refractivity contribution >= 4 is 11.6 Å². The van der Waals surface area contributed by atoms with Crippen molar-refractivity contribution in [3.05, 3.63) is 18.0 Å². The van der Waals surface area contributed by atoms with Crippen molar-refractivity contribution < 1.29 is 4.79 Å². The first-order valence-electron chi connectivity index (χ1n) is 4.28. The molecule has 1 amide bonds. The number of rotatable bonds is 3. The van der Waals surface area contributed by atoms with Gasteiger partial charge < -0.3 is 15.6 Å². The standard InChI is InChI=1S/C10H13N3O/c1-3-4-5-12-10(14)9-6-8(11)7-13(9)2/h1,6-7H,4-5,11H2,2H3,(H,12,14). The third-order valence-electron chi connectivity index (χ3n) is 1.81. The Morgan fingerprint density at radius 2 is 2.50 bits per heavy atom. The maximum absolute atomic E-state index is 11.5. The van der Waals surface area contributed by atoms with Gasteiger partial charge >= 0.3 is 0 Å². The van der Waals surface area contributed by atoms with Gasteiger partial charge in [-0.1, -0.05) is 0 Å².